The second kappa shape index (κ2) is 4.11. The molecule has 74 valence electrons. The van der Waals surface area contributed by atoms with E-state index in [4.69, 9.17) is 5.73 Å². The predicted molar refractivity (Wildman–Crippen MR) is 48.0 cm³/mol. The molecule has 1 heterocycles. The zero-order valence-corrected chi connectivity index (χ0v) is 7.75. The molecule has 0 aromatic carbocycles. The molecule has 0 saturated carbocycles. The summed E-state index contributed by atoms with van der Waals surface area (Å²) in [4.78, 5) is 23.1. The fourth-order valence-corrected chi connectivity index (χ4v) is 1.58. The third-order valence-electron chi connectivity index (χ3n) is 2.14. The molecule has 1 fully saturated rings. The summed E-state index contributed by atoms with van der Waals surface area (Å²) in [5.74, 6) is -0.0590. The fourth-order valence-electron chi connectivity index (χ4n) is 1.58. The van der Waals surface area contributed by atoms with Crippen molar-refractivity contribution in [3.05, 3.63) is 0 Å². The van der Waals surface area contributed by atoms with Crippen LogP contribution in [-0.4, -0.2) is 36.0 Å². The number of nitrogens with one attached hydrogen (secondary N) is 1. The van der Waals surface area contributed by atoms with Gasteiger partial charge in [-0.25, -0.2) is 4.79 Å². The first kappa shape index (κ1) is 9.83. The van der Waals surface area contributed by atoms with Gasteiger partial charge in [0.2, 0.25) is 5.91 Å². The van der Waals surface area contributed by atoms with E-state index >= 15 is 0 Å². The van der Waals surface area contributed by atoms with Crippen molar-refractivity contribution in [2.24, 2.45) is 5.73 Å². The Balaban J connectivity index is 2.41. The number of hydrogen-bond acceptors (Lipinski definition) is 2. The van der Waals surface area contributed by atoms with E-state index in [-0.39, 0.29) is 11.9 Å². The summed E-state index contributed by atoms with van der Waals surface area (Å²) in [5, 5.41) is 2.78. The minimum absolute atomic E-state index is 0.0590. The Morgan fingerprint density at radius 2 is 2.23 bits per heavy atom. The Kier molecular flexibility index (Phi) is 3.11. The predicted octanol–water partition coefficient (Wildman–Crippen LogP) is -0.334. The molecule has 0 bridgehead atoms. The number of nitrogens with two attached hydrogens (primary N) is 1. The molecule has 1 atom stereocenters. The van der Waals surface area contributed by atoms with Gasteiger partial charge in [0.1, 0.15) is 0 Å². The highest BCUT2D eigenvalue weighted by Gasteiger charge is 2.22. The average molecular weight is 185 g/mol. The van der Waals surface area contributed by atoms with Crippen molar-refractivity contribution in [1.29, 1.82) is 0 Å². The molecule has 0 aromatic rings. The molecule has 13 heavy (non-hydrogen) atoms. The SMILES string of the molecule is CC(=O)NC1CCCN(C(N)=O)C1. The van der Waals surface area contributed by atoms with Crippen LogP contribution in [0.2, 0.25) is 0 Å². The number of rotatable bonds is 1. The van der Waals surface area contributed by atoms with Crippen LogP contribution in [0.15, 0.2) is 0 Å². The molecule has 1 saturated heterocycles. The number of carbonyl (C=O) groups is 2. The van der Waals surface area contributed by atoms with Crippen LogP contribution in [0.5, 0.6) is 0 Å². The normalized spacial score (nSPS) is 22.5. The fraction of sp³-hybridized carbons (Fsp3) is 0.750. The molecule has 0 spiro atoms. The summed E-state index contributed by atoms with van der Waals surface area (Å²) in [6.45, 7) is 2.71. The van der Waals surface area contributed by atoms with Crippen LogP contribution in [0, 0.1) is 0 Å². The van der Waals surface area contributed by atoms with Gasteiger partial charge in [-0.05, 0) is 12.8 Å². The summed E-state index contributed by atoms with van der Waals surface area (Å²) in [6, 6.07) is -0.339. The summed E-state index contributed by atoms with van der Waals surface area (Å²) in [7, 11) is 0. The van der Waals surface area contributed by atoms with E-state index in [1.807, 2.05) is 0 Å². The van der Waals surface area contributed by atoms with Gasteiger partial charge in [-0.1, -0.05) is 0 Å². The molecule has 1 aliphatic rings. The van der Waals surface area contributed by atoms with Gasteiger partial charge in [0.15, 0.2) is 0 Å². The average Bonchev–Trinajstić information content (AvgIpc) is 2.03. The first-order valence-electron chi connectivity index (χ1n) is 4.41. The van der Waals surface area contributed by atoms with E-state index in [0.29, 0.717) is 13.1 Å². The van der Waals surface area contributed by atoms with E-state index in [9.17, 15) is 9.59 Å². The maximum Gasteiger partial charge on any atom is 0.314 e. The zero-order chi connectivity index (χ0) is 9.84. The van der Waals surface area contributed by atoms with E-state index in [1.165, 1.54) is 6.92 Å². The largest absolute Gasteiger partial charge is 0.352 e. The first-order valence-corrected chi connectivity index (χ1v) is 4.41. The Hall–Kier alpha value is -1.26. The zero-order valence-electron chi connectivity index (χ0n) is 7.75. The highest BCUT2D eigenvalue weighted by atomic mass is 16.2. The lowest BCUT2D eigenvalue weighted by Gasteiger charge is -2.31. The Bertz CT molecular complexity index is 217. The molecule has 5 heteroatoms. The summed E-state index contributed by atoms with van der Waals surface area (Å²) in [5.41, 5.74) is 5.13. The van der Waals surface area contributed by atoms with Crippen LogP contribution < -0.4 is 11.1 Å². The lowest BCUT2D eigenvalue weighted by Crippen LogP contribution is -2.50. The maximum absolute atomic E-state index is 10.8. The summed E-state index contributed by atoms with van der Waals surface area (Å²) >= 11 is 0. The molecule has 0 aliphatic carbocycles. The molecule has 5 nitrogen and oxygen atoms in total. The quantitative estimate of drug-likeness (QED) is 0.586. The maximum atomic E-state index is 10.8. The van der Waals surface area contributed by atoms with E-state index in [1.54, 1.807) is 4.90 Å². The summed E-state index contributed by atoms with van der Waals surface area (Å²) < 4.78 is 0. The van der Waals surface area contributed by atoms with Crippen molar-refractivity contribution in [2.75, 3.05) is 13.1 Å². The van der Waals surface area contributed by atoms with Gasteiger partial charge in [0.25, 0.3) is 0 Å². The van der Waals surface area contributed by atoms with Gasteiger partial charge in [-0.2, -0.15) is 0 Å². The van der Waals surface area contributed by atoms with Crippen LogP contribution in [0.1, 0.15) is 19.8 Å². The molecule has 3 amide bonds. The minimum atomic E-state index is -0.407. The monoisotopic (exact) mass is 185 g/mol. The Labute approximate surface area is 77.3 Å². The molecule has 0 radical (unpaired) electrons. The number of urea groups is 1. The van der Waals surface area contributed by atoms with Gasteiger partial charge in [-0.3, -0.25) is 4.79 Å². The topological polar surface area (TPSA) is 75.4 Å². The molecular weight excluding hydrogens is 170 g/mol. The molecule has 1 rings (SSSR count). The lowest BCUT2D eigenvalue weighted by atomic mass is 10.1. The minimum Gasteiger partial charge on any atom is -0.352 e. The van der Waals surface area contributed by atoms with Crippen LogP contribution in [0.3, 0.4) is 0 Å². The number of nitrogens with zero attached hydrogens (tertiary/aromatic N) is 1. The first-order chi connectivity index (χ1) is 6.09. The van der Waals surface area contributed by atoms with E-state index < -0.39 is 6.03 Å². The van der Waals surface area contributed by atoms with E-state index in [2.05, 4.69) is 5.32 Å². The smallest absolute Gasteiger partial charge is 0.314 e. The molecule has 3 N–H and O–H groups in total. The van der Waals surface area contributed by atoms with Crippen molar-refractivity contribution in [3.63, 3.8) is 0 Å². The number of amides is 3. The molecule has 1 aliphatic heterocycles. The van der Waals surface area contributed by atoms with Crippen LogP contribution in [0.25, 0.3) is 0 Å². The van der Waals surface area contributed by atoms with Crippen molar-refractivity contribution >= 4 is 11.9 Å². The van der Waals surface area contributed by atoms with Crippen LogP contribution in [-0.2, 0) is 4.79 Å². The number of primary amides is 1. The number of carbonyl (C=O) groups excluding carboxylic acids is 2. The third kappa shape index (κ3) is 2.93. The third-order valence-corrected chi connectivity index (χ3v) is 2.14. The van der Waals surface area contributed by atoms with Gasteiger partial charge in [0, 0.05) is 26.1 Å². The van der Waals surface area contributed by atoms with Gasteiger partial charge in [-0.15, -0.1) is 0 Å². The van der Waals surface area contributed by atoms with Crippen molar-refractivity contribution in [3.8, 4) is 0 Å². The number of hydrogen-bond donors (Lipinski definition) is 2. The van der Waals surface area contributed by atoms with Crippen LogP contribution in [0.4, 0.5) is 4.79 Å². The lowest BCUT2D eigenvalue weighted by molar-refractivity contribution is -0.119. The second-order valence-corrected chi connectivity index (χ2v) is 3.32. The molecule has 1 unspecified atom stereocenters. The van der Waals surface area contributed by atoms with Crippen molar-refractivity contribution in [1.82, 2.24) is 10.2 Å². The second-order valence-electron chi connectivity index (χ2n) is 3.32. The van der Waals surface area contributed by atoms with Gasteiger partial charge < -0.3 is 16.0 Å². The molecule has 0 aromatic heterocycles. The highest BCUT2D eigenvalue weighted by molar-refractivity contribution is 5.74. The van der Waals surface area contributed by atoms with Crippen molar-refractivity contribution in [2.45, 2.75) is 25.8 Å². The Morgan fingerprint density at radius 1 is 1.54 bits per heavy atom. The Morgan fingerprint density at radius 3 is 2.77 bits per heavy atom. The number of likely N-dealkylation sites (tertiary alicyclic amines) is 1. The van der Waals surface area contributed by atoms with Gasteiger partial charge in [0.05, 0.1) is 0 Å². The van der Waals surface area contributed by atoms with E-state index in [0.717, 1.165) is 12.8 Å². The van der Waals surface area contributed by atoms with Crippen molar-refractivity contribution < 1.29 is 9.59 Å². The van der Waals surface area contributed by atoms with Crippen LogP contribution >= 0.6 is 0 Å². The highest BCUT2D eigenvalue weighted by Crippen LogP contribution is 2.09. The standard InChI is InChI=1S/C8H15N3O2/c1-6(12)10-7-3-2-4-11(5-7)8(9)13/h7H,2-5H2,1H3,(H2,9,13)(H,10,12). The molecular formula is C8H15N3O2. The van der Waals surface area contributed by atoms with Gasteiger partial charge >= 0.3 is 6.03 Å². The number of piperidine rings is 1. The summed E-state index contributed by atoms with van der Waals surface area (Å²) in [6.07, 6.45) is 1.82.